The van der Waals surface area contributed by atoms with Gasteiger partial charge in [0, 0.05) is 48.7 Å². The molecule has 1 aliphatic rings. The van der Waals surface area contributed by atoms with Crippen molar-refractivity contribution >= 4 is 27.5 Å². The van der Waals surface area contributed by atoms with E-state index in [1.807, 2.05) is 31.2 Å². The van der Waals surface area contributed by atoms with E-state index in [4.69, 9.17) is 0 Å². The molecule has 2 aromatic rings. The second kappa shape index (κ2) is 8.90. The number of hydrogen-bond donors (Lipinski definition) is 1. The highest BCUT2D eigenvalue weighted by molar-refractivity contribution is 9.10. The largest absolute Gasteiger partial charge is 0.325 e. The number of aromatic nitrogens is 2. The van der Waals surface area contributed by atoms with Crippen LogP contribution in [0.2, 0.25) is 0 Å². The van der Waals surface area contributed by atoms with E-state index in [-0.39, 0.29) is 11.9 Å². The van der Waals surface area contributed by atoms with Crippen LogP contribution < -0.4 is 5.32 Å². The highest BCUT2D eigenvalue weighted by Gasteiger charge is 2.26. The normalized spacial score (nSPS) is 17.2. The zero-order chi connectivity index (χ0) is 19.4. The highest BCUT2D eigenvalue weighted by Crippen LogP contribution is 2.18. The number of nitrogens with zero attached hydrogens (tertiary/aromatic N) is 4. The molecular formula is C18H22BrF2N5O. The molecule has 6 nitrogen and oxygen atoms in total. The van der Waals surface area contributed by atoms with Gasteiger partial charge >= 0.3 is 6.55 Å². The summed E-state index contributed by atoms with van der Waals surface area (Å²) >= 11 is 3.39. The van der Waals surface area contributed by atoms with Gasteiger partial charge in [-0.1, -0.05) is 22.0 Å². The number of benzene rings is 1. The van der Waals surface area contributed by atoms with E-state index in [0.29, 0.717) is 38.5 Å². The number of amides is 1. The van der Waals surface area contributed by atoms with Gasteiger partial charge in [0.1, 0.15) is 5.82 Å². The summed E-state index contributed by atoms with van der Waals surface area (Å²) in [4.78, 5) is 20.7. The zero-order valence-corrected chi connectivity index (χ0v) is 16.6. The number of rotatable bonds is 6. The fourth-order valence-electron chi connectivity index (χ4n) is 3.13. The number of nitrogens with one attached hydrogen (secondary N) is 1. The second-order valence-corrected chi connectivity index (χ2v) is 7.43. The lowest BCUT2D eigenvalue weighted by molar-refractivity contribution is -0.121. The topological polar surface area (TPSA) is 53.4 Å². The molecule has 0 aliphatic carbocycles. The van der Waals surface area contributed by atoms with Crippen LogP contribution in [-0.4, -0.2) is 57.5 Å². The number of alkyl halides is 2. The van der Waals surface area contributed by atoms with Crippen LogP contribution in [0.15, 0.2) is 41.1 Å². The van der Waals surface area contributed by atoms with Crippen LogP contribution >= 0.6 is 15.9 Å². The Morgan fingerprint density at radius 2 is 2.04 bits per heavy atom. The summed E-state index contributed by atoms with van der Waals surface area (Å²) < 4.78 is 27.6. The Morgan fingerprint density at radius 3 is 2.70 bits per heavy atom. The Morgan fingerprint density at radius 1 is 1.30 bits per heavy atom. The fraction of sp³-hybridized carbons (Fsp3) is 0.444. The maximum Gasteiger partial charge on any atom is 0.319 e. The van der Waals surface area contributed by atoms with E-state index in [2.05, 4.69) is 36.0 Å². The lowest BCUT2D eigenvalue weighted by Crippen LogP contribution is -2.52. The van der Waals surface area contributed by atoms with Crippen molar-refractivity contribution in [1.29, 1.82) is 0 Å². The molecule has 1 aromatic heterocycles. The highest BCUT2D eigenvalue weighted by atomic mass is 79.9. The monoisotopic (exact) mass is 441 g/mol. The molecule has 1 saturated heterocycles. The first kappa shape index (κ1) is 19.9. The first-order valence-corrected chi connectivity index (χ1v) is 9.56. The molecule has 0 spiro atoms. The first-order valence-electron chi connectivity index (χ1n) is 8.76. The predicted octanol–water partition coefficient (Wildman–Crippen LogP) is 3.19. The lowest BCUT2D eigenvalue weighted by Gasteiger charge is -2.37. The molecule has 1 amide bonds. The molecule has 1 aliphatic heterocycles. The minimum absolute atomic E-state index is 0.0604. The molecule has 1 atom stereocenters. The van der Waals surface area contributed by atoms with Crippen molar-refractivity contribution in [3.05, 3.63) is 47.0 Å². The molecule has 1 aromatic carbocycles. The summed E-state index contributed by atoms with van der Waals surface area (Å²) in [5.41, 5.74) is 0.749. The van der Waals surface area contributed by atoms with Crippen molar-refractivity contribution in [2.24, 2.45) is 0 Å². The molecule has 3 rings (SSSR count). The van der Waals surface area contributed by atoms with Gasteiger partial charge < -0.3 is 5.32 Å². The smallest absolute Gasteiger partial charge is 0.319 e. The molecule has 27 heavy (non-hydrogen) atoms. The number of hydrogen-bond acceptors (Lipinski definition) is 4. The number of carbonyl (C=O) groups excluding carboxylic acids is 1. The quantitative estimate of drug-likeness (QED) is 0.747. The number of anilines is 1. The Labute approximate surface area is 165 Å². The van der Waals surface area contributed by atoms with E-state index < -0.39 is 6.55 Å². The van der Waals surface area contributed by atoms with E-state index in [1.165, 1.54) is 12.4 Å². The molecule has 0 bridgehead atoms. The maximum absolute atomic E-state index is 12.9. The molecule has 1 fully saturated rings. The van der Waals surface area contributed by atoms with Gasteiger partial charge in [-0.05, 0) is 25.1 Å². The summed E-state index contributed by atoms with van der Waals surface area (Å²) in [7, 11) is 0. The van der Waals surface area contributed by atoms with Crippen molar-refractivity contribution < 1.29 is 13.6 Å². The SMILES string of the molecule is C[C@@H](C(=O)Nc1cccc(Br)c1)N1CCN(Cc2nccn2C(F)F)CC1. The summed E-state index contributed by atoms with van der Waals surface area (Å²) in [6.07, 6.45) is 2.69. The van der Waals surface area contributed by atoms with Gasteiger partial charge in [0.05, 0.1) is 12.6 Å². The van der Waals surface area contributed by atoms with E-state index in [0.717, 1.165) is 14.7 Å². The van der Waals surface area contributed by atoms with Crippen LogP contribution in [0, 0.1) is 0 Å². The fourth-order valence-corrected chi connectivity index (χ4v) is 3.53. The van der Waals surface area contributed by atoms with Crippen LogP contribution in [0.1, 0.15) is 19.3 Å². The van der Waals surface area contributed by atoms with Gasteiger partial charge in [0.15, 0.2) is 0 Å². The summed E-state index contributed by atoms with van der Waals surface area (Å²) in [5, 5.41) is 2.93. The minimum Gasteiger partial charge on any atom is -0.325 e. The van der Waals surface area contributed by atoms with Crippen LogP contribution in [-0.2, 0) is 11.3 Å². The Bertz CT molecular complexity index is 777. The number of piperazine rings is 1. The lowest BCUT2D eigenvalue weighted by atomic mass is 10.2. The third-order valence-electron chi connectivity index (χ3n) is 4.75. The number of carbonyl (C=O) groups is 1. The Kier molecular flexibility index (Phi) is 6.56. The molecule has 0 saturated carbocycles. The van der Waals surface area contributed by atoms with Gasteiger partial charge in [-0.15, -0.1) is 0 Å². The van der Waals surface area contributed by atoms with Gasteiger partial charge in [-0.25, -0.2) is 4.98 Å². The average molecular weight is 442 g/mol. The third kappa shape index (κ3) is 5.12. The van der Waals surface area contributed by atoms with Crippen LogP contribution in [0.25, 0.3) is 0 Å². The minimum atomic E-state index is -2.58. The first-order chi connectivity index (χ1) is 12.9. The van der Waals surface area contributed by atoms with Crippen LogP contribution in [0.5, 0.6) is 0 Å². The van der Waals surface area contributed by atoms with E-state index >= 15 is 0 Å². The summed E-state index contributed by atoms with van der Waals surface area (Å²) in [6.45, 7) is 2.47. The molecule has 0 unspecified atom stereocenters. The van der Waals surface area contributed by atoms with Gasteiger partial charge in [0.2, 0.25) is 5.91 Å². The maximum atomic E-state index is 12.9. The Balaban J connectivity index is 1.50. The summed E-state index contributed by atoms with van der Waals surface area (Å²) in [5.74, 6) is 0.300. The van der Waals surface area contributed by atoms with Crippen molar-refractivity contribution in [2.75, 3.05) is 31.5 Å². The van der Waals surface area contributed by atoms with Gasteiger partial charge in [0.25, 0.3) is 0 Å². The van der Waals surface area contributed by atoms with Crippen molar-refractivity contribution in [3.8, 4) is 0 Å². The third-order valence-corrected chi connectivity index (χ3v) is 5.24. The second-order valence-electron chi connectivity index (χ2n) is 6.52. The van der Waals surface area contributed by atoms with Crippen LogP contribution in [0.3, 0.4) is 0 Å². The van der Waals surface area contributed by atoms with Crippen LogP contribution in [0.4, 0.5) is 14.5 Å². The van der Waals surface area contributed by atoms with Crippen molar-refractivity contribution in [2.45, 2.75) is 26.1 Å². The van der Waals surface area contributed by atoms with Crippen molar-refractivity contribution in [1.82, 2.24) is 19.4 Å². The average Bonchev–Trinajstić information content (AvgIpc) is 3.10. The van der Waals surface area contributed by atoms with E-state index in [9.17, 15) is 13.6 Å². The van der Waals surface area contributed by atoms with Gasteiger partial charge in [-0.2, -0.15) is 8.78 Å². The predicted molar refractivity (Wildman–Crippen MR) is 103 cm³/mol. The van der Waals surface area contributed by atoms with Gasteiger partial charge in [-0.3, -0.25) is 19.2 Å². The molecule has 0 radical (unpaired) electrons. The standard InChI is InChI=1S/C18H22BrF2N5O/c1-13(17(27)23-15-4-2-3-14(19)11-15)25-9-7-24(8-10-25)12-16-22-5-6-26(16)18(20)21/h2-6,11,13,18H,7-10,12H2,1H3,(H,23,27)/t13-/m0/s1. The van der Waals surface area contributed by atoms with E-state index in [1.54, 1.807) is 0 Å². The molecule has 2 heterocycles. The molecule has 146 valence electrons. The zero-order valence-electron chi connectivity index (χ0n) is 15.0. The molecule has 1 N–H and O–H groups in total. The van der Waals surface area contributed by atoms with Crippen molar-refractivity contribution in [3.63, 3.8) is 0 Å². The summed E-state index contributed by atoms with van der Waals surface area (Å²) in [6, 6.07) is 7.20. The number of halogens is 3. The number of imidazole rings is 1. The molecular weight excluding hydrogens is 420 g/mol. The Hall–Kier alpha value is -1.84. The molecule has 9 heteroatoms.